The maximum Gasteiger partial charge on any atom is 0.174 e. The zero-order valence-corrected chi connectivity index (χ0v) is 11.0. The predicted octanol–water partition coefficient (Wildman–Crippen LogP) is 2.98. The molecule has 0 fully saturated rings. The summed E-state index contributed by atoms with van der Waals surface area (Å²) in [5.74, 6) is 1.58. The summed E-state index contributed by atoms with van der Waals surface area (Å²) in [5.41, 5.74) is 0.374. The molecule has 0 amide bonds. The van der Waals surface area contributed by atoms with Gasteiger partial charge in [0, 0.05) is 6.42 Å². The Labute approximate surface area is 98.2 Å². The van der Waals surface area contributed by atoms with Crippen molar-refractivity contribution in [3.8, 4) is 0 Å². The molecule has 0 aliphatic heterocycles. The molecule has 0 bridgehead atoms. The second kappa shape index (κ2) is 5.97. The van der Waals surface area contributed by atoms with Gasteiger partial charge in [0.15, 0.2) is 5.82 Å². The van der Waals surface area contributed by atoms with E-state index in [0.717, 1.165) is 24.6 Å². The van der Waals surface area contributed by atoms with E-state index < -0.39 is 0 Å². The van der Waals surface area contributed by atoms with Gasteiger partial charge < -0.3 is 0 Å². The van der Waals surface area contributed by atoms with Crippen molar-refractivity contribution in [3.63, 3.8) is 0 Å². The lowest BCUT2D eigenvalue weighted by Crippen LogP contribution is -2.21. The van der Waals surface area contributed by atoms with Crippen LogP contribution < -0.4 is 0 Å². The zero-order chi connectivity index (χ0) is 12.0. The molecule has 1 aromatic rings. The monoisotopic (exact) mass is 224 g/mol. The van der Waals surface area contributed by atoms with Crippen LogP contribution in [0.4, 0.5) is 0 Å². The Bertz CT molecular complexity index is 274. The Hall–Kier alpha value is -0.930. The second-order valence-corrected chi connectivity index (χ2v) is 5.57. The first-order valence-electron chi connectivity index (χ1n) is 6.26. The van der Waals surface area contributed by atoms with Crippen LogP contribution in [0.2, 0.25) is 0 Å². The second-order valence-electron chi connectivity index (χ2n) is 5.57. The first-order valence-corrected chi connectivity index (χ1v) is 6.26. The van der Waals surface area contributed by atoms with E-state index in [0.29, 0.717) is 5.41 Å². The Balaban J connectivity index is 2.44. The Kier molecular flexibility index (Phi) is 4.90. The number of tetrazole rings is 1. The van der Waals surface area contributed by atoms with Crippen LogP contribution in [0.25, 0.3) is 0 Å². The minimum atomic E-state index is 0.374. The van der Waals surface area contributed by atoms with E-state index in [9.17, 15) is 0 Å². The Morgan fingerprint density at radius 3 is 2.50 bits per heavy atom. The van der Waals surface area contributed by atoms with E-state index in [-0.39, 0.29) is 0 Å². The molecule has 1 unspecified atom stereocenters. The first kappa shape index (κ1) is 13.1. The smallest absolute Gasteiger partial charge is 0.174 e. The highest BCUT2D eigenvalue weighted by atomic mass is 15.5. The molecule has 92 valence electrons. The van der Waals surface area contributed by atoms with Gasteiger partial charge in [-0.25, -0.2) is 0 Å². The molecule has 0 aliphatic carbocycles. The van der Waals surface area contributed by atoms with Crippen molar-refractivity contribution in [3.05, 3.63) is 5.82 Å². The molecule has 0 radical (unpaired) electrons. The summed E-state index contributed by atoms with van der Waals surface area (Å²) in [4.78, 5) is 0. The number of H-pyrrole nitrogens is 1. The van der Waals surface area contributed by atoms with Crippen molar-refractivity contribution >= 4 is 0 Å². The van der Waals surface area contributed by atoms with Gasteiger partial charge in [0.2, 0.25) is 0 Å². The summed E-state index contributed by atoms with van der Waals surface area (Å²) in [6.07, 6.45) is 5.98. The summed E-state index contributed by atoms with van der Waals surface area (Å²) in [5, 5.41) is 14.1. The van der Waals surface area contributed by atoms with Gasteiger partial charge in [-0.3, -0.25) is 0 Å². The fourth-order valence-corrected chi connectivity index (χ4v) is 2.05. The minimum Gasteiger partial charge on any atom is -0.177 e. The van der Waals surface area contributed by atoms with Crippen LogP contribution >= 0.6 is 0 Å². The maximum atomic E-state index is 4.00. The van der Waals surface area contributed by atoms with E-state index in [1.54, 1.807) is 0 Å². The Morgan fingerprint density at radius 1 is 1.25 bits per heavy atom. The molecule has 1 rings (SSSR count). The van der Waals surface area contributed by atoms with E-state index in [1.165, 1.54) is 19.3 Å². The third-order valence-electron chi connectivity index (χ3n) is 3.24. The molecule has 0 spiro atoms. The lowest BCUT2D eigenvalue weighted by atomic mass is 9.75. The lowest BCUT2D eigenvalue weighted by molar-refractivity contribution is 0.207. The van der Waals surface area contributed by atoms with Gasteiger partial charge in [0.1, 0.15) is 0 Å². The molecule has 1 aromatic heterocycles. The summed E-state index contributed by atoms with van der Waals surface area (Å²) >= 11 is 0. The number of nitrogens with one attached hydrogen (secondary N) is 1. The lowest BCUT2D eigenvalue weighted by Gasteiger charge is -2.30. The van der Waals surface area contributed by atoms with Crippen molar-refractivity contribution in [1.29, 1.82) is 0 Å². The number of rotatable bonds is 6. The highest BCUT2D eigenvalue weighted by molar-refractivity contribution is 4.81. The third kappa shape index (κ3) is 4.29. The van der Waals surface area contributed by atoms with Gasteiger partial charge in [-0.05, 0) is 24.2 Å². The van der Waals surface area contributed by atoms with E-state index in [1.807, 2.05) is 0 Å². The minimum absolute atomic E-state index is 0.374. The van der Waals surface area contributed by atoms with Gasteiger partial charge in [-0.2, -0.15) is 5.21 Å². The average molecular weight is 224 g/mol. The molecule has 0 aliphatic rings. The number of aryl methyl sites for hydroxylation is 1. The highest BCUT2D eigenvalue weighted by Gasteiger charge is 2.24. The zero-order valence-electron chi connectivity index (χ0n) is 11.0. The summed E-state index contributed by atoms with van der Waals surface area (Å²) < 4.78 is 0. The first-order chi connectivity index (χ1) is 7.54. The van der Waals surface area contributed by atoms with Gasteiger partial charge in [0.05, 0.1) is 0 Å². The number of hydrogen-bond donors (Lipinski definition) is 1. The van der Waals surface area contributed by atoms with Gasteiger partial charge in [-0.15, -0.1) is 10.2 Å². The molecule has 1 N–H and O–H groups in total. The fourth-order valence-electron chi connectivity index (χ4n) is 2.05. The number of nitrogens with zero attached hydrogens (tertiary/aromatic N) is 3. The molecule has 1 heterocycles. The van der Waals surface area contributed by atoms with Crippen LogP contribution in [-0.4, -0.2) is 20.6 Å². The number of aromatic amines is 1. The van der Waals surface area contributed by atoms with Crippen LogP contribution in [-0.2, 0) is 6.42 Å². The van der Waals surface area contributed by atoms with Crippen molar-refractivity contribution < 1.29 is 0 Å². The number of unbranched alkanes of at least 4 members (excludes halogenated alkanes) is 1. The van der Waals surface area contributed by atoms with Crippen LogP contribution in [0.3, 0.4) is 0 Å². The molecule has 0 saturated carbocycles. The van der Waals surface area contributed by atoms with Crippen LogP contribution in [0, 0.1) is 11.3 Å². The van der Waals surface area contributed by atoms with Crippen molar-refractivity contribution in [2.24, 2.45) is 11.3 Å². The van der Waals surface area contributed by atoms with Gasteiger partial charge in [-0.1, -0.05) is 45.7 Å². The molecular formula is C12H24N4. The molecule has 1 atom stereocenters. The fraction of sp³-hybridized carbons (Fsp3) is 0.917. The standard InChI is InChI=1S/C12H24N4/c1-5-6-7-10(12(2,3)4)8-9-11-13-15-16-14-11/h10H,5-9H2,1-4H3,(H,13,14,15,16). The number of hydrogen-bond acceptors (Lipinski definition) is 3. The maximum absolute atomic E-state index is 4.00. The predicted molar refractivity (Wildman–Crippen MR) is 65.0 cm³/mol. The Morgan fingerprint density at radius 2 is 2.00 bits per heavy atom. The van der Waals surface area contributed by atoms with E-state index in [4.69, 9.17) is 0 Å². The van der Waals surface area contributed by atoms with E-state index >= 15 is 0 Å². The van der Waals surface area contributed by atoms with Crippen LogP contribution in [0.5, 0.6) is 0 Å². The molecule has 16 heavy (non-hydrogen) atoms. The SMILES string of the molecule is CCCCC(CCc1nn[nH]n1)C(C)(C)C. The highest BCUT2D eigenvalue weighted by Crippen LogP contribution is 2.33. The molecule has 4 nitrogen and oxygen atoms in total. The molecule has 0 saturated heterocycles. The molecule has 0 aromatic carbocycles. The quantitative estimate of drug-likeness (QED) is 0.808. The molecule has 4 heteroatoms. The number of aromatic nitrogens is 4. The molecular weight excluding hydrogens is 200 g/mol. The van der Waals surface area contributed by atoms with Gasteiger partial charge >= 0.3 is 0 Å². The third-order valence-corrected chi connectivity index (χ3v) is 3.24. The van der Waals surface area contributed by atoms with Crippen molar-refractivity contribution in [2.75, 3.05) is 0 Å². The van der Waals surface area contributed by atoms with Gasteiger partial charge in [0.25, 0.3) is 0 Å². The normalized spacial score (nSPS) is 14.0. The summed E-state index contributed by atoms with van der Waals surface area (Å²) in [7, 11) is 0. The van der Waals surface area contributed by atoms with Crippen LogP contribution in [0.1, 0.15) is 59.2 Å². The average Bonchev–Trinajstić information content (AvgIpc) is 2.68. The summed E-state index contributed by atoms with van der Waals surface area (Å²) in [6.45, 7) is 9.22. The van der Waals surface area contributed by atoms with Crippen molar-refractivity contribution in [2.45, 2.75) is 59.8 Å². The van der Waals surface area contributed by atoms with Crippen molar-refractivity contribution in [1.82, 2.24) is 20.6 Å². The van der Waals surface area contributed by atoms with E-state index in [2.05, 4.69) is 48.3 Å². The topological polar surface area (TPSA) is 54.5 Å². The summed E-state index contributed by atoms with van der Waals surface area (Å²) in [6, 6.07) is 0. The van der Waals surface area contributed by atoms with Crippen LogP contribution in [0.15, 0.2) is 0 Å². The largest absolute Gasteiger partial charge is 0.177 e.